The van der Waals surface area contributed by atoms with E-state index in [2.05, 4.69) is 26.9 Å². The molecule has 0 radical (unpaired) electrons. The molecule has 0 spiro atoms. The van der Waals surface area contributed by atoms with Crippen LogP contribution < -0.4 is 10.0 Å². The van der Waals surface area contributed by atoms with Crippen molar-refractivity contribution in [2.24, 2.45) is 4.99 Å². The number of aliphatic imine (C=N–C) groups is 1. The Labute approximate surface area is 179 Å². The Hall–Kier alpha value is 0.220. The normalized spacial score (nSPS) is 24.8. The van der Waals surface area contributed by atoms with Gasteiger partial charge in [0.25, 0.3) is 0 Å². The van der Waals surface area contributed by atoms with E-state index in [4.69, 9.17) is 4.74 Å². The summed E-state index contributed by atoms with van der Waals surface area (Å²) in [5.41, 5.74) is 0. The average molecular weight is 521 g/mol. The molecular weight excluding hydrogens is 487 g/mol. The maximum absolute atomic E-state index is 12.2. The van der Waals surface area contributed by atoms with Crippen molar-refractivity contribution < 1.29 is 13.2 Å². The van der Waals surface area contributed by atoms with Crippen LogP contribution in [0.4, 0.5) is 0 Å². The molecule has 0 bridgehead atoms. The Morgan fingerprint density at radius 2 is 2.19 bits per heavy atom. The van der Waals surface area contributed by atoms with Crippen molar-refractivity contribution in [1.82, 2.24) is 14.9 Å². The Morgan fingerprint density at radius 3 is 2.85 bits per heavy atom. The van der Waals surface area contributed by atoms with E-state index >= 15 is 0 Å². The van der Waals surface area contributed by atoms with Crippen LogP contribution in [0.5, 0.6) is 0 Å². The summed E-state index contributed by atoms with van der Waals surface area (Å²) in [4.78, 5) is 6.53. The number of rotatable bonds is 7. The van der Waals surface area contributed by atoms with Crippen LogP contribution in [0.2, 0.25) is 0 Å². The third-order valence-corrected chi connectivity index (χ3v) is 7.28. The molecule has 2 fully saturated rings. The van der Waals surface area contributed by atoms with Crippen LogP contribution >= 0.6 is 35.7 Å². The molecule has 2 unspecified atom stereocenters. The number of hydrogen-bond donors (Lipinski definition) is 2. The SMILES string of the molecule is CCC1CN(C(=NC)NCCS(=O)(=O)NCC2CCCCO2)CCS1.I. The van der Waals surface area contributed by atoms with Crippen LogP contribution in [0.1, 0.15) is 32.6 Å². The second-order valence-corrected chi connectivity index (χ2v) is 9.81. The Morgan fingerprint density at radius 1 is 1.38 bits per heavy atom. The lowest BCUT2D eigenvalue weighted by molar-refractivity contribution is 0.0200. The average Bonchev–Trinajstić information content (AvgIpc) is 2.64. The first-order valence-electron chi connectivity index (χ1n) is 9.20. The lowest BCUT2D eigenvalue weighted by Gasteiger charge is -2.34. The van der Waals surface area contributed by atoms with Gasteiger partial charge in [-0.25, -0.2) is 13.1 Å². The van der Waals surface area contributed by atoms with Gasteiger partial charge in [0.1, 0.15) is 0 Å². The molecule has 0 aliphatic carbocycles. The van der Waals surface area contributed by atoms with Crippen LogP contribution in [0.25, 0.3) is 0 Å². The predicted molar refractivity (Wildman–Crippen MR) is 120 cm³/mol. The first-order valence-corrected chi connectivity index (χ1v) is 11.9. The summed E-state index contributed by atoms with van der Waals surface area (Å²) in [5.74, 6) is 1.92. The number of thioether (sulfide) groups is 1. The Bertz CT molecular complexity index is 528. The van der Waals surface area contributed by atoms with Crippen LogP contribution in [-0.2, 0) is 14.8 Å². The highest BCUT2D eigenvalue weighted by Gasteiger charge is 2.22. The van der Waals surface area contributed by atoms with Gasteiger partial charge in [-0.1, -0.05) is 6.92 Å². The summed E-state index contributed by atoms with van der Waals surface area (Å²) >= 11 is 2.00. The minimum Gasteiger partial charge on any atom is -0.377 e. The first kappa shape index (κ1) is 24.3. The van der Waals surface area contributed by atoms with Crippen LogP contribution in [0.3, 0.4) is 0 Å². The summed E-state index contributed by atoms with van der Waals surface area (Å²) in [7, 11) is -1.55. The summed E-state index contributed by atoms with van der Waals surface area (Å²) in [6, 6.07) is 0. The number of guanidine groups is 1. The minimum atomic E-state index is -3.30. The zero-order chi connectivity index (χ0) is 18.1. The van der Waals surface area contributed by atoms with Gasteiger partial charge >= 0.3 is 0 Å². The van der Waals surface area contributed by atoms with Gasteiger partial charge in [-0.05, 0) is 25.7 Å². The van der Waals surface area contributed by atoms with Crippen molar-refractivity contribution in [3.63, 3.8) is 0 Å². The van der Waals surface area contributed by atoms with Crippen molar-refractivity contribution in [1.29, 1.82) is 0 Å². The molecule has 10 heteroatoms. The molecule has 2 aliphatic heterocycles. The molecule has 154 valence electrons. The molecule has 0 aromatic heterocycles. The maximum atomic E-state index is 12.2. The van der Waals surface area contributed by atoms with E-state index in [-0.39, 0.29) is 35.8 Å². The summed E-state index contributed by atoms with van der Waals surface area (Å²) in [6.07, 6.45) is 4.26. The molecule has 26 heavy (non-hydrogen) atoms. The van der Waals surface area contributed by atoms with Crippen molar-refractivity contribution in [3.8, 4) is 0 Å². The number of nitrogens with zero attached hydrogens (tertiary/aromatic N) is 2. The van der Waals surface area contributed by atoms with E-state index in [9.17, 15) is 8.42 Å². The number of nitrogens with one attached hydrogen (secondary N) is 2. The van der Waals surface area contributed by atoms with Gasteiger partial charge in [0.05, 0.1) is 11.9 Å². The first-order chi connectivity index (χ1) is 12.0. The zero-order valence-corrected chi connectivity index (χ0v) is 19.7. The molecule has 0 amide bonds. The van der Waals surface area contributed by atoms with E-state index in [0.717, 1.165) is 57.1 Å². The van der Waals surface area contributed by atoms with Crippen molar-refractivity contribution in [2.75, 3.05) is 51.3 Å². The maximum Gasteiger partial charge on any atom is 0.213 e. The van der Waals surface area contributed by atoms with Crippen LogP contribution in [0, 0.1) is 0 Å². The highest BCUT2D eigenvalue weighted by molar-refractivity contribution is 14.0. The lowest BCUT2D eigenvalue weighted by Crippen LogP contribution is -2.49. The minimum absolute atomic E-state index is 0. The molecule has 2 atom stereocenters. The molecule has 7 nitrogen and oxygen atoms in total. The molecule has 0 aromatic carbocycles. The number of sulfonamides is 1. The van der Waals surface area contributed by atoms with Gasteiger partial charge in [-0.2, -0.15) is 11.8 Å². The topological polar surface area (TPSA) is 83.0 Å². The second kappa shape index (κ2) is 12.6. The number of halogens is 1. The Balaban J connectivity index is 0.00000338. The molecule has 0 saturated carbocycles. The third-order valence-electron chi connectivity index (χ3n) is 4.56. The lowest BCUT2D eigenvalue weighted by atomic mass is 10.1. The fourth-order valence-corrected chi connectivity index (χ4v) is 5.18. The summed E-state index contributed by atoms with van der Waals surface area (Å²) in [5, 5.41) is 3.81. The standard InChI is InChI=1S/C16H32N4O3S2.HI/c1-3-15-13-20(8-10-24-15)16(17-2)18-7-11-25(21,22)19-12-14-6-4-5-9-23-14;/h14-15,19H,3-13H2,1-2H3,(H,17,18);1H. The van der Waals surface area contributed by atoms with Crippen molar-refractivity contribution in [2.45, 2.75) is 44.0 Å². The van der Waals surface area contributed by atoms with Crippen LogP contribution in [0.15, 0.2) is 4.99 Å². The molecule has 2 saturated heterocycles. The van der Waals surface area contributed by atoms with Gasteiger partial charge < -0.3 is 15.0 Å². The smallest absolute Gasteiger partial charge is 0.213 e. The fourth-order valence-electron chi connectivity index (χ4n) is 3.05. The van der Waals surface area contributed by atoms with Gasteiger partial charge in [0.2, 0.25) is 10.0 Å². The monoisotopic (exact) mass is 520 g/mol. The summed E-state index contributed by atoms with van der Waals surface area (Å²) < 4.78 is 32.5. The fraction of sp³-hybridized carbons (Fsp3) is 0.938. The summed E-state index contributed by atoms with van der Waals surface area (Å²) in [6.45, 7) is 5.57. The van der Waals surface area contributed by atoms with Crippen molar-refractivity contribution >= 4 is 51.7 Å². The van der Waals surface area contributed by atoms with Gasteiger partial charge in [0.15, 0.2) is 5.96 Å². The number of hydrogen-bond acceptors (Lipinski definition) is 5. The number of ether oxygens (including phenoxy) is 1. The van der Waals surface area contributed by atoms with E-state index < -0.39 is 10.0 Å². The quantitative estimate of drug-likeness (QED) is 0.301. The highest BCUT2D eigenvalue weighted by atomic mass is 127. The van der Waals surface area contributed by atoms with Gasteiger partial charge in [-0.3, -0.25) is 4.99 Å². The second-order valence-electron chi connectivity index (χ2n) is 6.48. The van der Waals surface area contributed by atoms with E-state index in [1.807, 2.05) is 11.8 Å². The zero-order valence-electron chi connectivity index (χ0n) is 15.8. The van der Waals surface area contributed by atoms with E-state index in [0.29, 0.717) is 18.3 Å². The highest BCUT2D eigenvalue weighted by Crippen LogP contribution is 2.20. The molecule has 2 heterocycles. The molecule has 0 aromatic rings. The predicted octanol–water partition coefficient (Wildman–Crippen LogP) is 1.50. The van der Waals surface area contributed by atoms with Crippen molar-refractivity contribution in [3.05, 3.63) is 0 Å². The molecule has 2 N–H and O–H groups in total. The van der Waals surface area contributed by atoms with Gasteiger partial charge in [-0.15, -0.1) is 24.0 Å². The molecule has 2 aliphatic rings. The van der Waals surface area contributed by atoms with E-state index in [1.54, 1.807) is 7.05 Å². The van der Waals surface area contributed by atoms with Gasteiger partial charge in [0, 0.05) is 50.8 Å². The van der Waals surface area contributed by atoms with Crippen LogP contribution in [-0.4, -0.2) is 82.0 Å². The van der Waals surface area contributed by atoms with E-state index in [1.165, 1.54) is 0 Å². The molecular formula is C16H33IN4O3S2. The Kier molecular flexibility index (Phi) is 11.8. The largest absolute Gasteiger partial charge is 0.377 e. The molecule has 2 rings (SSSR count). The third kappa shape index (κ3) is 8.49.